The van der Waals surface area contributed by atoms with Crippen molar-refractivity contribution in [3.05, 3.63) is 58.9 Å². The summed E-state index contributed by atoms with van der Waals surface area (Å²) in [4.78, 5) is 28.4. The van der Waals surface area contributed by atoms with Crippen LogP contribution in [0, 0.1) is 36.9 Å². The first kappa shape index (κ1) is 32.0. The van der Waals surface area contributed by atoms with Gasteiger partial charge in [0.25, 0.3) is 5.91 Å². The fourth-order valence-corrected chi connectivity index (χ4v) is 9.73. The number of amides is 1. The van der Waals surface area contributed by atoms with Crippen LogP contribution >= 0.6 is 0 Å². The number of aryl methyl sites for hydroxylation is 2. The quantitative estimate of drug-likeness (QED) is 0.452. The number of sulfonamides is 1. The first-order valence-corrected chi connectivity index (χ1v) is 17.8. The summed E-state index contributed by atoms with van der Waals surface area (Å²) in [6.07, 6.45) is 5.59. The highest BCUT2D eigenvalue weighted by molar-refractivity contribution is 7.90. The van der Waals surface area contributed by atoms with Gasteiger partial charge in [0.2, 0.25) is 10.0 Å². The summed E-state index contributed by atoms with van der Waals surface area (Å²) in [6, 6.07) is 9.54. The van der Waals surface area contributed by atoms with E-state index in [-0.39, 0.29) is 35.0 Å². The Hall–Kier alpha value is -2.98. The van der Waals surface area contributed by atoms with Crippen LogP contribution in [0.15, 0.2) is 30.6 Å². The predicted molar refractivity (Wildman–Crippen MR) is 168 cm³/mol. The lowest BCUT2D eigenvalue weighted by molar-refractivity contribution is -0.0295. The Morgan fingerprint density at radius 1 is 1.02 bits per heavy atom. The highest BCUT2D eigenvalue weighted by Crippen LogP contribution is 2.41. The van der Waals surface area contributed by atoms with Crippen LogP contribution in [-0.4, -0.2) is 106 Å². The van der Waals surface area contributed by atoms with Crippen molar-refractivity contribution < 1.29 is 17.6 Å². The van der Waals surface area contributed by atoms with E-state index in [4.69, 9.17) is 0 Å². The molecule has 1 aromatic heterocycles. The molecule has 1 amide bonds. The summed E-state index contributed by atoms with van der Waals surface area (Å²) in [5.41, 5.74) is 2.14. The molecule has 242 valence electrons. The molecular weight excluding hydrogens is 593 g/mol. The number of piperidine rings is 2. The van der Waals surface area contributed by atoms with Gasteiger partial charge in [0, 0.05) is 57.9 Å². The largest absolute Gasteiger partial charge is 0.338 e. The van der Waals surface area contributed by atoms with Crippen molar-refractivity contribution in [1.82, 2.24) is 29.0 Å². The van der Waals surface area contributed by atoms with Gasteiger partial charge in [-0.1, -0.05) is 12.1 Å². The molecule has 10 nitrogen and oxygen atoms in total. The fourth-order valence-electron chi connectivity index (χ4n) is 7.86. The lowest BCUT2D eigenvalue weighted by Crippen LogP contribution is -2.63. The molecular formula is C33H44FN7O3S. The Morgan fingerprint density at radius 2 is 1.69 bits per heavy atom. The van der Waals surface area contributed by atoms with Crippen LogP contribution in [0.25, 0.3) is 0 Å². The third kappa shape index (κ3) is 6.24. The van der Waals surface area contributed by atoms with Crippen molar-refractivity contribution in [3.8, 4) is 6.07 Å². The molecule has 4 fully saturated rings. The van der Waals surface area contributed by atoms with Crippen molar-refractivity contribution in [2.45, 2.75) is 82.2 Å². The maximum Gasteiger partial charge on any atom is 0.257 e. The number of carbonyl (C=O) groups is 1. The molecule has 2 atom stereocenters. The van der Waals surface area contributed by atoms with Crippen LogP contribution in [0.3, 0.4) is 0 Å². The molecule has 4 aliphatic rings. The number of carbonyl (C=O) groups excluding carboxylic acids is 1. The molecule has 4 heterocycles. The third-order valence-corrected chi connectivity index (χ3v) is 13.0. The van der Waals surface area contributed by atoms with Crippen molar-refractivity contribution >= 4 is 15.9 Å². The number of halogens is 1. The number of likely N-dealkylation sites (tertiary alicyclic amines) is 1. The summed E-state index contributed by atoms with van der Waals surface area (Å²) in [5.74, 6) is -0.154. The van der Waals surface area contributed by atoms with E-state index in [9.17, 15) is 22.9 Å². The molecule has 0 bridgehead atoms. The minimum absolute atomic E-state index is 0.0410. The van der Waals surface area contributed by atoms with Crippen LogP contribution in [0.2, 0.25) is 0 Å². The molecule has 3 saturated heterocycles. The Balaban J connectivity index is 1.15. The van der Waals surface area contributed by atoms with E-state index in [1.807, 2.05) is 24.8 Å². The molecule has 0 radical (unpaired) electrons. The van der Waals surface area contributed by atoms with Crippen LogP contribution in [-0.2, 0) is 10.0 Å². The average Bonchev–Trinajstić information content (AvgIpc) is 3.89. The van der Waals surface area contributed by atoms with E-state index in [2.05, 4.69) is 32.8 Å². The van der Waals surface area contributed by atoms with Crippen molar-refractivity contribution in [1.29, 1.82) is 5.26 Å². The van der Waals surface area contributed by atoms with E-state index in [1.54, 1.807) is 16.4 Å². The molecule has 2 aromatic rings. The van der Waals surface area contributed by atoms with Gasteiger partial charge in [0.1, 0.15) is 17.7 Å². The average molecular weight is 638 g/mol. The molecule has 0 N–H and O–H groups in total. The van der Waals surface area contributed by atoms with E-state index in [1.165, 1.54) is 12.4 Å². The second kappa shape index (κ2) is 12.7. The summed E-state index contributed by atoms with van der Waals surface area (Å²) in [5, 5.41) is 10.3. The number of rotatable bonds is 7. The Labute approximate surface area is 266 Å². The molecule has 0 spiro atoms. The van der Waals surface area contributed by atoms with Crippen LogP contribution in [0.4, 0.5) is 4.39 Å². The number of aromatic nitrogens is 2. The minimum Gasteiger partial charge on any atom is -0.338 e. The van der Waals surface area contributed by atoms with Gasteiger partial charge in [-0.05, 0) is 82.9 Å². The topological polar surface area (TPSA) is 114 Å². The second-order valence-corrected chi connectivity index (χ2v) is 15.6. The van der Waals surface area contributed by atoms with Crippen LogP contribution in [0.1, 0.15) is 78.8 Å². The lowest BCUT2D eigenvalue weighted by atomic mass is 9.82. The van der Waals surface area contributed by atoms with Crippen molar-refractivity contribution in [2.24, 2.45) is 5.92 Å². The zero-order valence-electron chi connectivity index (χ0n) is 26.5. The minimum atomic E-state index is -3.21. The van der Waals surface area contributed by atoms with Crippen LogP contribution in [0.5, 0.6) is 0 Å². The van der Waals surface area contributed by atoms with E-state index in [0.717, 1.165) is 37.8 Å². The van der Waals surface area contributed by atoms with Crippen molar-refractivity contribution in [2.75, 3.05) is 45.8 Å². The van der Waals surface area contributed by atoms with Gasteiger partial charge in [0.15, 0.2) is 0 Å². The predicted octanol–water partition coefficient (Wildman–Crippen LogP) is 3.68. The molecule has 1 aliphatic carbocycles. The maximum atomic E-state index is 14.5. The van der Waals surface area contributed by atoms with Gasteiger partial charge in [-0.3, -0.25) is 14.6 Å². The van der Waals surface area contributed by atoms with Gasteiger partial charge in [0.05, 0.1) is 28.3 Å². The Morgan fingerprint density at radius 3 is 2.27 bits per heavy atom. The fraction of sp³-hybridized carbons (Fsp3) is 0.636. The van der Waals surface area contributed by atoms with Gasteiger partial charge < -0.3 is 4.90 Å². The van der Waals surface area contributed by atoms with E-state index in [0.29, 0.717) is 69.1 Å². The molecule has 12 heteroatoms. The number of piperazine rings is 1. The molecule has 2 unspecified atom stereocenters. The molecule has 6 rings (SSSR count). The highest BCUT2D eigenvalue weighted by atomic mass is 32.2. The maximum absolute atomic E-state index is 14.5. The molecule has 45 heavy (non-hydrogen) atoms. The van der Waals surface area contributed by atoms with Crippen molar-refractivity contribution in [3.63, 3.8) is 0 Å². The monoisotopic (exact) mass is 637 g/mol. The summed E-state index contributed by atoms with van der Waals surface area (Å²) >= 11 is 0. The highest BCUT2D eigenvalue weighted by Gasteiger charge is 2.47. The van der Waals surface area contributed by atoms with Gasteiger partial charge in [-0.25, -0.2) is 27.1 Å². The SMILES string of the molecule is Cc1ncnc(C)c1C(=O)N1CCC(C#N)(N2CCN(C(c3cccc(F)c3)C3CCN(S(=O)(=O)C4CC4)CC3)C(C)C2)CC1. The summed E-state index contributed by atoms with van der Waals surface area (Å²) < 4.78 is 42.0. The third-order valence-electron chi connectivity index (χ3n) is 10.6. The van der Waals surface area contributed by atoms with Gasteiger partial charge in [-0.15, -0.1) is 0 Å². The standard InChI is InChI=1S/C33H44FN7O3S/c1-23-20-39(33(21-35)11-15-38(16-12-33)32(42)30-24(2)36-22-37-25(30)3)17-18-41(23)31(27-5-4-6-28(34)19-27)26-9-13-40(14-10-26)45(43,44)29-7-8-29/h4-6,19,22-23,26,29,31H,7-18,20H2,1-3H3. The Bertz CT molecular complexity index is 1540. The van der Waals surface area contributed by atoms with E-state index < -0.39 is 15.6 Å². The van der Waals surface area contributed by atoms with E-state index >= 15 is 0 Å². The summed E-state index contributed by atoms with van der Waals surface area (Å²) in [6.45, 7) is 9.90. The summed E-state index contributed by atoms with van der Waals surface area (Å²) in [7, 11) is -3.21. The molecule has 1 saturated carbocycles. The first-order chi connectivity index (χ1) is 21.5. The Kier molecular flexibility index (Phi) is 9.00. The zero-order valence-corrected chi connectivity index (χ0v) is 27.3. The van der Waals surface area contributed by atoms with Gasteiger partial charge in [-0.2, -0.15) is 5.26 Å². The number of benzene rings is 1. The number of nitrogens with zero attached hydrogens (tertiary/aromatic N) is 7. The lowest BCUT2D eigenvalue weighted by Gasteiger charge is -2.52. The first-order valence-electron chi connectivity index (χ1n) is 16.3. The zero-order chi connectivity index (χ0) is 31.9. The number of nitriles is 1. The molecule has 1 aromatic carbocycles. The molecule has 3 aliphatic heterocycles. The number of hydrogen-bond donors (Lipinski definition) is 0. The smallest absolute Gasteiger partial charge is 0.257 e. The normalized spacial score (nSPS) is 24.7. The number of hydrogen-bond acceptors (Lipinski definition) is 8. The van der Waals surface area contributed by atoms with Crippen LogP contribution < -0.4 is 0 Å². The van der Waals surface area contributed by atoms with Gasteiger partial charge >= 0.3 is 0 Å². The second-order valence-electron chi connectivity index (χ2n) is 13.4.